The first kappa shape index (κ1) is 13.6. The van der Waals surface area contributed by atoms with Gasteiger partial charge in [-0.3, -0.25) is 4.79 Å². The Morgan fingerprint density at radius 2 is 2.05 bits per heavy atom. The maximum Gasteiger partial charge on any atom is 0.241 e. The number of benzene rings is 1. The quantitative estimate of drug-likeness (QED) is 0.932. The van der Waals surface area contributed by atoms with E-state index in [9.17, 15) is 4.79 Å². The highest BCUT2D eigenvalue weighted by Crippen LogP contribution is 2.24. The number of rotatable bonds is 3. The molecule has 2 heterocycles. The Hall–Kier alpha value is -2.40. The second-order valence-corrected chi connectivity index (χ2v) is 4.88. The number of amides is 1. The van der Waals surface area contributed by atoms with Crippen LogP contribution in [0, 0.1) is 0 Å². The van der Waals surface area contributed by atoms with E-state index in [0.717, 1.165) is 16.9 Å². The molecule has 0 unspecified atom stereocenters. The first-order valence-corrected chi connectivity index (χ1v) is 6.87. The van der Waals surface area contributed by atoms with Crippen LogP contribution in [0.2, 0.25) is 0 Å². The largest absolute Gasteiger partial charge is 0.481 e. The highest BCUT2D eigenvalue weighted by Gasteiger charge is 2.22. The van der Waals surface area contributed by atoms with Gasteiger partial charge in [-0.2, -0.15) is 0 Å². The number of anilines is 1. The average molecular weight is 283 g/mol. The summed E-state index contributed by atoms with van der Waals surface area (Å²) in [6.45, 7) is 1.47. The van der Waals surface area contributed by atoms with Gasteiger partial charge in [-0.1, -0.05) is 24.3 Å². The van der Waals surface area contributed by atoms with Crippen molar-refractivity contribution in [3.05, 3.63) is 53.7 Å². The number of hydrogen-bond donors (Lipinski definition) is 1. The Balaban J connectivity index is 1.93. The zero-order valence-corrected chi connectivity index (χ0v) is 11.9. The van der Waals surface area contributed by atoms with Crippen molar-refractivity contribution in [2.75, 3.05) is 18.6 Å². The number of methoxy groups -OCH3 is 1. The predicted octanol–water partition coefficient (Wildman–Crippen LogP) is 1.73. The van der Waals surface area contributed by atoms with Gasteiger partial charge in [0.15, 0.2) is 0 Å². The lowest BCUT2D eigenvalue weighted by Gasteiger charge is -2.22. The van der Waals surface area contributed by atoms with E-state index in [1.54, 1.807) is 18.1 Å². The molecule has 1 aromatic carbocycles. The average Bonchev–Trinajstić information content (AvgIpc) is 2.68. The zero-order valence-electron chi connectivity index (χ0n) is 11.9. The van der Waals surface area contributed by atoms with Crippen LogP contribution in [0.3, 0.4) is 0 Å². The van der Waals surface area contributed by atoms with Crippen molar-refractivity contribution in [3.8, 4) is 5.88 Å². The standard InChI is InChI=1S/C16H17N3O2/c1-21-15-8-4-6-13(18-15)11-19-14-7-3-2-5-12(14)9-17-10-16(19)20/h2-8,17H,9-11H2,1H3. The molecule has 0 saturated heterocycles. The van der Waals surface area contributed by atoms with Gasteiger partial charge < -0.3 is 15.0 Å². The predicted molar refractivity (Wildman–Crippen MR) is 80.1 cm³/mol. The van der Waals surface area contributed by atoms with E-state index in [4.69, 9.17) is 4.74 Å². The van der Waals surface area contributed by atoms with Gasteiger partial charge in [-0.15, -0.1) is 0 Å². The lowest BCUT2D eigenvalue weighted by molar-refractivity contribution is -0.117. The van der Waals surface area contributed by atoms with E-state index in [1.165, 1.54) is 0 Å². The molecule has 0 radical (unpaired) electrons. The first-order chi connectivity index (χ1) is 10.3. The summed E-state index contributed by atoms with van der Waals surface area (Å²) in [6, 6.07) is 13.5. The number of nitrogens with zero attached hydrogens (tertiary/aromatic N) is 2. The van der Waals surface area contributed by atoms with Gasteiger partial charge >= 0.3 is 0 Å². The molecule has 21 heavy (non-hydrogen) atoms. The van der Waals surface area contributed by atoms with E-state index >= 15 is 0 Å². The molecule has 5 nitrogen and oxygen atoms in total. The monoisotopic (exact) mass is 283 g/mol. The number of carbonyl (C=O) groups is 1. The lowest BCUT2D eigenvalue weighted by atomic mass is 10.1. The third kappa shape index (κ3) is 2.87. The van der Waals surface area contributed by atoms with Crippen molar-refractivity contribution < 1.29 is 9.53 Å². The number of aromatic nitrogens is 1. The third-order valence-electron chi connectivity index (χ3n) is 3.49. The number of para-hydroxylation sites is 1. The van der Waals surface area contributed by atoms with Crippen LogP contribution in [-0.4, -0.2) is 24.5 Å². The fraction of sp³-hybridized carbons (Fsp3) is 0.250. The highest BCUT2D eigenvalue weighted by atomic mass is 16.5. The second kappa shape index (κ2) is 5.93. The molecule has 1 aliphatic heterocycles. The van der Waals surface area contributed by atoms with E-state index < -0.39 is 0 Å². The molecule has 0 aliphatic carbocycles. The molecule has 0 spiro atoms. The number of pyridine rings is 1. The molecule has 2 aromatic rings. The summed E-state index contributed by atoms with van der Waals surface area (Å²) in [7, 11) is 1.59. The van der Waals surface area contributed by atoms with Crippen molar-refractivity contribution in [1.82, 2.24) is 10.3 Å². The van der Waals surface area contributed by atoms with Crippen molar-refractivity contribution in [2.45, 2.75) is 13.1 Å². The Morgan fingerprint density at radius 1 is 1.19 bits per heavy atom. The van der Waals surface area contributed by atoms with Crippen molar-refractivity contribution in [3.63, 3.8) is 0 Å². The number of ether oxygens (including phenoxy) is 1. The molecule has 0 fully saturated rings. The molecule has 0 bridgehead atoms. The van der Waals surface area contributed by atoms with E-state index in [2.05, 4.69) is 10.3 Å². The molecule has 0 saturated carbocycles. The second-order valence-electron chi connectivity index (χ2n) is 4.88. The molecular formula is C16H17N3O2. The van der Waals surface area contributed by atoms with Crippen LogP contribution in [0.25, 0.3) is 0 Å². The summed E-state index contributed by atoms with van der Waals surface area (Å²) in [5, 5.41) is 3.16. The van der Waals surface area contributed by atoms with Gasteiger partial charge in [0.1, 0.15) is 0 Å². The van der Waals surface area contributed by atoms with Crippen LogP contribution in [0.4, 0.5) is 5.69 Å². The fourth-order valence-corrected chi connectivity index (χ4v) is 2.45. The normalized spacial score (nSPS) is 14.5. The number of fused-ring (bicyclic) bond motifs is 1. The first-order valence-electron chi connectivity index (χ1n) is 6.87. The highest BCUT2D eigenvalue weighted by molar-refractivity contribution is 5.96. The van der Waals surface area contributed by atoms with Crippen molar-refractivity contribution in [2.24, 2.45) is 0 Å². The SMILES string of the molecule is COc1cccc(CN2C(=O)CNCc3ccccc32)n1. The van der Waals surface area contributed by atoms with Crippen molar-refractivity contribution in [1.29, 1.82) is 0 Å². The van der Waals surface area contributed by atoms with Crippen molar-refractivity contribution >= 4 is 11.6 Å². The summed E-state index contributed by atoms with van der Waals surface area (Å²) in [5.74, 6) is 0.603. The van der Waals surface area contributed by atoms with Gasteiger partial charge in [0.25, 0.3) is 0 Å². The Morgan fingerprint density at radius 3 is 2.90 bits per heavy atom. The molecule has 0 atom stereocenters. The van der Waals surface area contributed by atoms with Gasteiger partial charge in [0.2, 0.25) is 11.8 Å². The molecule has 1 aliphatic rings. The minimum absolute atomic E-state index is 0.0459. The minimum Gasteiger partial charge on any atom is -0.481 e. The molecule has 1 aromatic heterocycles. The van der Waals surface area contributed by atoms with E-state index in [0.29, 0.717) is 25.5 Å². The molecular weight excluding hydrogens is 266 g/mol. The molecule has 1 N–H and O–H groups in total. The minimum atomic E-state index is 0.0459. The number of nitrogens with one attached hydrogen (secondary N) is 1. The summed E-state index contributed by atoms with van der Waals surface area (Å²) in [4.78, 5) is 18.5. The van der Waals surface area contributed by atoms with Gasteiger partial charge in [-0.25, -0.2) is 4.98 Å². The van der Waals surface area contributed by atoms with Crippen LogP contribution < -0.4 is 15.0 Å². The fourth-order valence-electron chi connectivity index (χ4n) is 2.45. The van der Waals surface area contributed by atoms with Crippen LogP contribution in [-0.2, 0) is 17.9 Å². The van der Waals surface area contributed by atoms with Gasteiger partial charge in [0.05, 0.1) is 25.9 Å². The van der Waals surface area contributed by atoms with Gasteiger partial charge in [-0.05, 0) is 17.7 Å². The molecule has 1 amide bonds. The molecule has 5 heteroatoms. The summed E-state index contributed by atoms with van der Waals surface area (Å²) in [5.41, 5.74) is 2.86. The summed E-state index contributed by atoms with van der Waals surface area (Å²) >= 11 is 0. The Labute approximate surface area is 123 Å². The summed E-state index contributed by atoms with van der Waals surface area (Å²) < 4.78 is 5.14. The van der Waals surface area contributed by atoms with Crippen LogP contribution >= 0.6 is 0 Å². The third-order valence-corrected chi connectivity index (χ3v) is 3.49. The maximum atomic E-state index is 12.3. The van der Waals surface area contributed by atoms with E-state index in [-0.39, 0.29) is 5.91 Å². The topological polar surface area (TPSA) is 54.5 Å². The molecule has 3 rings (SSSR count). The maximum absolute atomic E-state index is 12.3. The Kier molecular flexibility index (Phi) is 3.83. The molecule has 108 valence electrons. The number of carbonyl (C=O) groups excluding carboxylic acids is 1. The smallest absolute Gasteiger partial charge is 0.241 e. The zero-order chi connectivity index (χ0) is 14.7. The van der Waals surface area contributed by atoms with Crippen LogP contribution in [0.1, 0.15) is 11.3 Å². The van der Waals surface area contributed by atoms with Gasteiger partial charge in [0, 0.05) is 18.3 Å². The lowest BCUT2D eigenvalue weighted by Crippen LogP contribution is -2.35. The number of hydrogen-bond acceptors (Lipinski definition) is 4. The Bertz CT molecular complexity index is 657. The summed E-state index contributed by atoms with van der Waals surface area (Å²) in [6.07, 6.45) is 0. The van der Waals surface area contributed by atoms with Crippen LogP contribution in [0.5, 0.6) is 5.88 Å². The van der Waals surface area contributed by atoms with Crippen LogP contribution in [0.15, 0.2) is 42.5 Å². The van der Waals surface area contributed by atoms with E-state index in [1.807, 2.05) is 36.4 Å².